The molecular weight excluding hydrogens is 162 g/mol. The summed E-state index contributed by atoms with van der Waals surface area (Å²) in [6, 6.07) is 7.91. The highest BCUT2D eigenvalue weighted by Crippen LogP contribution is 2.35. The van der Waals surface area contributed by atoms with Gasteiger partial charge in [-0.1, -0.05) is 24.3 Å². The van der Waals surface area contributed by atoms with Crippen LogP contribution in [-0.4, -0.2) is 6.10 Å². The second kappa shape index (κ2) is 3.23. The summed E-state index contributed by atoms with van der Waals surface area (Å²) in [5, 5.41) is 0. The highest BCUT2D eigenvalue weighted by atomic mass is 16.5. The van der Waals surface area contributed by atoms with Crippen molar-refractivity contribution < 1.29 is 4.74 Å². The van der Waals surface area contributed by atoms with Crippen LogP contribution >= 0.6 is 0 Å². The van der Waals surface area contributed by atoms with E-state index in [4.69, 9.17) is 10.5 Å². The highest BCUT2D eigenvalue weighted by Gasteiger charge is 2.29. The van der Waals surface area contributed by atoms with Crippen LogP contribution in [0.5, 0.6) is 5.75 Å². The molecule has 0 saturated carbocycles. The van der Waals surface area contributed by atoms with Gasteiger partial charge in [0.25, 0.3) is 0 Å². The Hall–Kier alpha value is -1.28. The minimum Gasteiger partial charge on any atom is -0.488 e. The molecule has 2 unspecified atom stereocenters. The molecule has 0 saturated heterocycles. The molecule has 2 atom stereocenters. The fraction of sp³-hybridized carbons (Fsp3) is 0.273. The highest BCUT2D eigenvalue weighted by molar-refractivity contribution is 5.40. The minimum absolute atomic E-state index is 0.00537. The van der Waals surface area contributed by atoms with Gasteiger partial charge >= 0.3 is 0 Å². The predicted octanol–water partition coefficient (Wildman–Crippen LogP) is 2.02. The van der Waals surface area contributed by atoms with Crippen molar-refractivity contribution in [1.29, 1.82) is 0 Å². The van der Waals surface area contributed by atoms with E-state index in [-0.39, 0.29) is 12.1 Å². The molecule has 0 aromatic heterocycles. The Balaban J connectivity index is 2.27. The molecule has 1 aromatic carbocycles. The second-order valence-electron chi connectivity index (χ2n) is 3.24. The molecule has 0 fully saturated rings. The van der Waals surface area contributed by atoms with E-state index in [0.29, 0.717) is 0 Å². The molecule has 2 N–H and O–H groups in total. The molecule has 0 radical (unpaired) electrons. The van der Waals surface area contributed by atoms with E-state index >= 15 is 0 Å². The van der Waals surface area contributed by atoms with E-state index in [9.17, 15) is 0 Å². The first-order chi connectivity index (χ1) is 6.33. The summed E-state index contributed by atoms with van der Waals surface area (Å²) in [7, 11) is 0. The van der Waals surface area contributed by atoms with Crippen LogP contribution in [0.4, 0.5) is 0 Å². The van der Waals surface area contributed by atoms with Crippen LogP contribution in [0.15, 0.2) is 36.9 Å². The molecule has 0 spiro atoms. The van der Waals surface area contributed by atoms with Crippen LogP contribution in [-0.2, 0) is 0 Å². The summed E-state index contributed by atoms with van der Waals surface area (Å²) >= 11 is 0. The average molecular weight is 175 g/mol. The third-order valence-corrected chi connectivity index (χ3v) is 2.36. The molecule has 1 heterocycles. The molecule has 0 aliphatic carbocycles. The number of ether oxygens (including phenoxy) is 1. The Kier molecular flexibility index (Phi) is 2.07. The summed E-state index contributed by atoms with van der Waals surface area (Å²) in [5.41, 5.74) is 7.11. The fourth-order valence-corrected chi connectivity index (χ4v) is 1.66. The van der Waals surface area contributed by atoms with Crippen molar-refractivity contribution in [3.8, 4) is 5.75 Å². The first kappa shape index (κ1) is 8.32. The molecule has 68 valence electrons. The van der Waals surface area contributed by atoms with Crippen molar-refractivity contribution in [2.24, 2.45) is 5.73 Å². The largest absolute Gasteiger partial charge is 0.488 e. The van der Waals surface area contributed by atoms with E-state index in [1.807, 2.05) is 30.3 Å². The van der Waals surface area contributed by atoms with Gasteiger partial charge in [0.15, 0.2) is 0 Å². The number of fused-ring (bicyclic) bond motifs is 1. The van der Waals surface area contributed by atoms with E-state index in [0.717, 1.165) is 17.7 Å². The van der Waals surface area contributed by atoms with Crippen molar-refractivity contribution in [1.82, 2.24) is 0 Å². The maximum absolute atomic E-state index is 6.00. The Labute approximate surface area is 78.0 Å². The molecule has 13 heavy (non-hydrogen) atoms. The summed E-state index contributed by atoms with van der Waals surface area (Å²) in [5.74, 6) is 0.918. The zero-order valence-corrected chi connectivity index (χ0v) is 7.44. The van der Waals surface area contributed by atoms with Gasteiger partial charge in [-0.05, 0) is 6.07 Å². The standard InChI is InChI=1S/C11H13NO/c1-2-5-10-11(12)8-6-3-4-7-9(8)13-10/h2-4,6-7,10-11H,1,5,12H2. The van der Waals surface area contributed by atoms with Gasteiger partial charge in [0, 0.05) is 12.0 Å². The van der Waals surface area contributed by atoms with Crippen molar-refractivity contribution >= 4 is 0 Å². The lowest BCUT2D eigenvalue weighted by atomic mass is 10.0. The molecule has 0 bridgehead atoms. The molecular formula is C11H13NO. The Morgan fingerprint density at radius 3 is 2.92 bits per heavy atom. The zero-order valence-electron chi connectivity index (χ0n) is 7.44. The maximum atomic E-state index is 6.00. The van der Waals surface area contributed by atoms with Gasteiger partial charge < -0.3 is 10.5 Å². The summed E-state index contributed by atoms with van der Waals surface area (Å²) in [6.07, 6.45) is 2.71. The van der Waals surface area contributed by atoms with E-state index in [2.05, 4.69) is 6.58 Å². The Bertz CT molecular complexity index is 322. The molecule has 2 nitrogen and oxygen atoms in total. The Morgan fingerprint density at radius 2 is 2.23 bits per heavy atom. The van der Waals surface area contributed by atoms with E-state index in [1.54, 1.807) is 0 Å². The van der Waals surface area contributed by atoms with E-state index < -0.39 is 0 Å². The van der Waals surface area contributed by atoms with Crippen LogP contribution in [0, 0.1) is 0 Å². The van der Waals surface area contributed by atoms with Gasteiger partial charge in [-0.15, -0.1) is 6.58 Å². The van der Waals surface area contributed by atoms with Crippen molar-refractivity contribution in [3.63, 3.8) is 0 Å². The van der Waals surface area contributed by atoms with Gasteiger partial charge in [0.2, 0.25) is 0 Å². The van der Waals surface area contributed by atoms with Crippen LogP contribution in [0.3, 0.4) is 0 Å². The number of hydrogen-bond donors (Lipinski definition) is 1. The van der Waals surface area contributed by atoms with Crippen molar-refractivity contribution in [2.75, 3.05) is 0 Å². The van der Waals surface area contributed by atoms with Gasteiger partial charge in [0.1, 0.15) is 11.9 Å². The monoisotopic (exact) mass is 175 g/mol. The quantitative estimate of drug-likeness (QED) is 0.698. The number of nitrogens with two attached hydrogens (primary N) is 1. The van der Waals surface area contributed by atoms with Gasteiger partial charge in [0.05, 0.1) is 6.04 Å². The number of rotatable bonds is 2. The molecule has 2 rings (SSSR count). The predicted molar refractivity (Wildman–Crippen MR) is 52.6 cm³/mol. The van der Waals surface area contributed by atoms with Crippen LogP contribution in [0.2, 0.25) is 0 Å². The molecule has 1 aliphatic rings. The topological polar surface area (TPSA) is 35.2 Å². The van der Waals surface area contributed by atoms with Crippen molar-refractivity contribution in [3.05, 3.63) is 42.5 Å². The Morgan fingerprint density at radius 1 is 1.46 bits per heavy atom. The molecule has 1 aliphatic heterocycles. The van der Waals surface area contributed by atoms with Crippen molar-refractivity contribution in [2.45, 2.75) is 18.6 Å². The lowest BCUT2D eigenvalue weighted by Gasteiger charge is -2.12. The number of hydrogen-bond acceptors (Lipinski definition) is 2. The first-order valence-electron chi connectivity index (χ1n) is 4.45. The third kappa shape index (κ3) is 1.33. The lowest BCUT2D eigenvalue weighted by Crippen LogP contribution is -2.24. The third-order valence-electron chi connectivity index (χ3n) is 2.36. The van der Waals surface area contributed by atoms with Gasteiger partial charge in [-0.2, -0.15) is 0 Å². The second-order valence-corrected chi connectivity index (χ2v) is 3.24. The summed E-state index contributed by atoms with van der Waals surface area (Å²) in [4.78, 5) is 0. The van der Waals surface area contributed by atoms with E-state index in [1.165, 1.54) is 0 Å². The molecule has 2 heteroatoms. The van der Waals surface area contributed by atoms with Crippen LogP contribution in [0.25, 0.3) is 0 Å². The lowest BCUT2D eigenvalue weighted by molar-refractivity contribution is 0.210. The smallest absolute Gasteiger partial charge is 0.124 e. The van der Waals surface area contributed by atoms with Gasteiger partial charge in [-0.3, -0.25) is 0 Å². The number of benzene rings is 1. The maximum Gasteiger partial charge on any atom is 0.124 e. The average Bonchev–Trinajstić information content (AvgIpc) is 2.46. The van der Waals surface area contributed by atoms with Crippen LogP contribution in [0.1, 0.15) is 18.0 Å². The summed E-state index contributed by atoms with van der Waals surface area (Å²) in [6.45, 7) is 3.69. The molecule has 1 aromatic rings. The normalized spacial score (nSPS) is 25.0. The zero-order chi connectivity index (χ0) is 9.26. The van der Waals surface area contributed by atoms with Crippen LogP contribution < -0.4 is 10.5 Å². The minimum atomic E-state index is -0.00537. The molecule has 0 amide bonds. The fourth-order valence-electron chi connectivity index (χ4n) is 1.66. The SMILES string of the molecule is C=CCC1Oc2ccccc2C1N. The first-order valence-corrected chi connectivity index (χ1v) is 4.45. The van der Waals surface area contributed by atoms with Gasteiger partial charge in [-0.25, -0.2) is 0 Å². The number of para-hydroxylation sites is 1. The summed E-state index contributed by atoms with van der Waals surface area (Å²) < 4.78 is 5.66.